The molecule has 1 aromatic rings. The number of methoxy groups -OCH3 is 2. The fourth-order valence-corrected chi connectivity index (χ4v) is 4.34. The molecular weight excluding hydrogens is 392 g/mol. The molecule has 1 fully saturated rings. The van der Waals surface area contributed by atoms with Crippen LogP contribution >= 0.6 is 0 Å². The van der Waals surface area contributed by atoms with E-state index in [1.807, 2.05) is 0 Å². The Morgan fingerprint density at radius 2 is 1.83 bits per heavy atom. The second-order valence-corrected chi connectivity index (χ2v) is 14.1. The second-order valence-electron chi connectivity index (χ2n) is 8.50. The van der Waals surface area contributed by atoms with Crippen molar-refractivity contribution in [2.45, 2.75) is 38.1 Å². The summed E-state index contributed by atoms with van der Waals surface area (Å²) in [6, 6.07) is 3.47. The molecule has 0 unspecified atom stereocenters. The third-order valence-electron chi connectivity index (χ3n) is 5.20. The van der Waals surface area contributed by atoms with Crippen LogP contribution in [0.5, 0.6) is 11.5 Å². The molecule has 158 valence electrons. The molecule has 1 atom stereocenters. The van der Waals surface area contributed by atoms with Gasteiger partial charge in [-0.2, -0.15) is 0 Å². The first-order valence-electron chi connectivity index (χ1n) is 9.64. The molecule has 1 saturated heterocycles. The van der Waals surface area contributed by atoms with Gasteiger partial charge in [0.2, 0.25) is 0 Å². The number of ether oxygens (including phenoxy) is 3. The van der Waals surface area contributed by atoms with E-state index in [9.17, 15) is 14.4 Å². The standard InChI is InChI=1S/C20H28N2O6Si/c1-26-16-7-6-14-17(18(16)27-2)20(25)21-11-13(23)10-15(21)19(24)22(14)12-28-8-9-29(3,4)5/h6-7,15H,8-12H2,1-5H3/t15-/m0/s1. The van der Waals surface area contributed by atoms with Crippen molar-refractivity contribution in [1.29, 1.82) is 0 Å². The minimum Gasteiger partial charge on any atom is -0.493 e. The van der Waals surface area contributed by atoms with Crippen molar-refractivity contribution >= 4 is 31.4 Å². The maximum absolute atomic E-state index is 13.3. The van der Waals surface area contributed by atoms with Gasteiger partial charge in [0, 0.05) is 21.1 Å². The van der Waals surface area contributed by atoms with Gasteiger partial charge < -0.3 is 19.1 Å². The van der Waals surface area contributed by atoms with Crippen LogP contribution in [0.15, 0.2) is 12.1 Å². The van der Waals surface area contributed by atoms with Gasteiger partial charge in [0.05, 0.1) is 26.5 Å². The number of fused-ring (bicyclic) bond motifs is 2. The van der Waals surface area contributed by atoms with Crippen LogP contribution in [-0.2, 0) is 14.3 Å². The third kappa shape index (κ3) is 4.15. The molecule has 2 aliphatic rings. The predicted molar refractivity (Wildman–Crippen MR) is 110 cm³/mol. The summed E-state index contributed by atoms with van der Waals surface area (Å²) >= 11 is 0. The Labute approximate surface area is 171 Å². The fraction of sp³-hybridized carbons (Fsp3) is 0.550. The Kier molecular flexibility index (Phi) is 5.99. The number of Topliss-reactive ketones (excluding diaryl/α,β-unsaturated/α-hetero) is 1. The molecule has 9 heteroatoms. The summed E-state index contributed by atoms with van der Waals surface area (Å²) in [5.41, 5.74) is 0.624. The van der Waals surface area contributed by atoms with Gasteiger partial charge in [-0.25, -0.2) is 0 Å². The lowest BCUT2D eigenvalue weighted by Gasteiger charge is -2.26. The molecule has 2 aliphatic heterocycles. The van der Waals surface area contributed by atoms with Crippen molar-refractivity contribution in [2.24, 2.45) is 0 Å². The number of ketones is 1. The van der Waals surface area contributed by atoms with Gasteiger partial charge in [0.25, 0.3) is 11.8 Å². The molecule has 3 rings (SSSR count). The first-order valence-corrected chi connectivity index (χ1v) is 13.4. The highest BCUT2D eigenvalue weighted by molar-refractivity contribution is 6.76. The number of hydrogen-bond donors (Lipinski definition) is 0. The number of benzene rings is 1. The number of rotatable bonds is 7. The van der Waals surface area contributed by atoms with Crippen molar-refractivity contribution in [1.82, 2.24) is 4.90 Å². The largest absolute Gasteiger partial charge is 0.493 e. The predicted octanol–water partition coefficient (Wildman–Crippen LogP) is 2.15. The lowest BCUT2D eigenvalue weighted by atomic mass is 10.1. The SMILES string of the molecule is COc1ccc2c(c1OC)C(=O)N1CC(=O)C[C@H]1C(=O)N2COCC[Si](C)(C)C. The highest BCUT2D eigenvalue weighted by Gasteiger charge is 2.46. The Morgan fingerprint density at radius 1 is 1.10 bits per heavy atom. The van der Waals surface area contributed by atoms with Gasteiger partial charge in [-0.3, -0.25) is 19.3 Å². The summed E-state index contributed by atoms with van der Waals surface area (Å²) in [6.07, 6.45) is 0.0173. The average Bonchev–Trinajstić information content (AvgIpc) is 3.03. The monoisotopic (exact) mass is 420 g/mol. The lowest BCUT2D eigenvalue weighted by Crippen LogP contribution is -2.45. The first kappa shape index (κ1) is 21.3. The fourth-order valence-electron chi connectivity index (χ4n) is 3.58. The van der Waals surface area contributed by atoms with Crippen molar-refractivity contribution in [3.63, 3.8) is 0 Å². The topological polar surface area (TPSA) is 85.4 Å². The maximum atomic E-state index is 13.3. The smallest absolute Gasteiger partial charge is 0.261 e. The highest BCUT2D eigenvalue weighted by atomic mass is 28.3. The molecule has 1 aromatic carbocycles. The number of carbonyl (C=O) groups is 3. The number of anilines is 1. The number of carbonyl (C=O) groups excluding carboxylic acids is 3. The zero-order valence-corrected chi connectivity index (χ0v) is 18.6. The molecule has 2 heterocycles. The maximum Gasteiger partial charge on any atom is 0.261 e. The van der Waals surface area contributed by atoms with E-state index in [0.717, 1.165) is 6.04 Å². The molecule has 0 aliphatic carbocycles. The Balaban J connectivity index is 2.01. The van der Waals surface area contributed by atoms with Gasteiger partial charge in [-0.1, -0.05) is 19.6 Å². The van der Waals surface area contributed by atoms with Gasteiger partial charge in [0.1, 0.15) is 18.3 Å². The molecule has 2 amide bonds. The van der Waals surface area contributed by atoms with E-state index in [0.29, 0.717) is 18.0 Å². The van der Waals surface area contributed by atoms with Crippen LogP contribution < -0.4 is 14.4 Å². The van der Waals surface area contributed by atoms with Gasteiger partial charge >= 0.3 is 0 Å². The van der Waals surface area contributed by atoms with Gasteiger partial charge in [-0.15, -0.1) is 0 Å². The van der Waals surface area contributed by atoms with Crippen LogP contribution in [0.2, 0.25) is 25.7 Å². The minimum atomic E-state index is -1.28. The molecule has 8 nitrogen and oxygen atoms in total. The lowest BCUT2D eigenvalue weighted by molar-refractivity contribution is -0.124. The van der Waals surface area contributed by atoms with E-state index in [-0.39, 0.29) is 42.7 Å². The Bertz CT molecular complexity index is 835. The minimum absolute atomic E-state index is 0.0115. The van der Waals surface area contributed by atoms with E-state index in [1.54, 1.807) is 12.1 Å². The quantitative estimate of drug-likeness (QED) is 0.496. The van der Waals surface area contributed by atoms with E-state index >= 15 is 0 Å². The van der Waals surface area contributed by atoms with E-state index in [1.165, 1.54) is 24.0 Å². The normalized spacial score (nSPS) is 19.2. The second kappa shape index (κ2) is 8.15. The molecule has 29 heavy (non-hydrogen) atoms. The van der Waals surface area contributed by atoms with Crippen LogP contribution in [0.25, 0.3) is 0 Å². The number of amides is 2. The third-order valence-corrected chi connectivity index (χ3v) is 6.91. The van der Waals surface area contributed by atoms with Crippen LogP contribution in [0.4, 0.5) is 5.69 Å². The van der Waals surface area contributed by atoms with Crippen molar-refractivity contribution in [3.05, 3.63) is 17.7 Å². The Hall–Kier alpha value is -2.39. The summed E-state index contributed by atoms with van der Waals surface area (Å²) in [5.74, 6) is -0.236. The van der Waals surface area contributed by atoms with Gasteiger partial charge in [0.15, 0.2) is 17.3 Å². The van der Waals surface area contributed by atoms with Gasteiger partial charge in [-0.05, 0) is 18.2 Å². The van der Waals surface area contributed by atoms with Crippen LogP contribution in [-0.4, -0.2) is 70.7 Å². The van der Waals surface area contributed by atoms with Crippen LogP contribution in [0.1, 0.15) is 16.8 Å². The molecule has 0 radical (unpaired) electrons. The molecule has 0 bridgehead atoms. The summed E-state index contributed by atoms with van der Waals surface area (Å²) in [5, 5.41) is 0. The summed E-state index contributed by atoms with van der Waals surface area (Å²) in [6.45, 7) is 7.21. The average molecular weight is 421 g/mol. The van der Waals surface area contributed by atoms with Crippen molar-refractivity contribution in [3.8, 4) is 11.5 Å². The zero-order chi connectivity index (χ0) is 21.3. The molecule has 0 aromatic heterocycles. The highest BCUT2D eigenvalue weighted by Crippen LogP contribution is 2.41. The summed E-state index contributed by atoms with van der Waals surface area (Å²) < 4.78 is 16.6. The summed E-state index contributed by atoms with van der Waals surface area (Å²) in [7, 11) is 1.64. The molecule has 0 spiro atoms. The number of hydrogen-bond acceptors (Lipinski definition) is 6. The Morgan fingerprint density at radius 3 is 2.45 bits per heavy atom. The molecular formula is C20H28N2O6Si. The van der Waals surface area contributed by atoms with Crippen LogP contribution in [0, 0.1) is 0 Å². The summed E-state index contributed by atoms with van der Waals surface area (Å²) in [4.78, 5) is 41.4. The van der Waals surface area contributed by atoms with Crippen LogP contribution in [0.3, 0.4) is 0 Å². The molecule has 0 N–H and O–H groups in total. The van der Waals surface area contributed by atoms with E-state index in [2.05, 4.69) is 19.6 Å². The first-order chi connectivity index (χ1) is 13.7. The number of nitrogens with zero attached hydrogens (tertiary/aromatic N) is 2. The van der Waals surface area contributed by atoms with E-state index in [4.69, 9.17) is 14.2 Å². The molecule has 0 saturated carbocycles. The van der Waals surface area contributed by atoms with Crippen molar-refractivity contribution in [2.75, 3.05) is 39.0 Å². The van der Waals surface area contributed by atoms with E-state index < -0.39 is 20.0 Å². The van der Waals surface area contributed by atoms with Crippen molar-refractivity contribution < 1.29 is 28.6 Å². The zero-order valence-electron chi connectivity index (χ0n) is 17.6.